The number of carbonyl (C=O) groups excluding carboxylic acids is 1. The molecule has 1 aliphatic heterocycles. The van der Waals surface area contributed by atoms with Crippen LogP contribution < -0.4 is 15.0 Å². The molecule has 1 N–H and O–H groups in total. The highest BCUT2D eigenvalue weighted by Gasteiger charge is 2.49. The molecule has 2 aromatic rings. The van der Waals surface area contributed by atoms with Gasteiger partial charge in [-0.3, -0.25) is 9.18 Å². The predicted octanol–water partition coefficient (Wildman–Crippen LogP) is 4.88. The van der Waals surface area contributed by atoms with Crippen LogP contribution in [0.25, 0.3) is 0 Å². The van der Waals surface area contributed by atoms with Crippen molar-refractivity contribution in [1.29, 1.82) is 0 Å². The molecule has 3 saturated carbocycles. The monoisotopic (exact) mass is 461 g/mol. The lowest BCUT2D eigenvalue weighted by Gasteiger charge is -2.17. The fraction of sp³-hybridized carbons (Fsp3) is 0.583. The van der Waals surface area contributed by atoms with E-state index in [1.165, 1.54) is 19.3 Å². The van der Waals surface area contributed by atoms with Crippen molar-refractivity contribution in [2.24, 2.45) is 17.3 Å². The maximum atomic E-state index is 14.6. The van der Waals surface area contributed by atoms with Gasteiger partial charge in [0.1, 0.15) is 5.76 Å². The third-order valence-corrected chi connectivity index (χ3v) is 7.63. The van der Waals surface area contributed by atoms with Crippen LogP contribution in [-0.2, 0) is 6.42 Å². The van der Waals surface area contributed by atoms with Gasteiger partial charge in [0.05, 0.1) is 12.8 Å². The Balaban J connectivity index is 1.18. The number of anilines is 2. The molecule has 6 nitrogen and oxygen atoms in total. The topological polar surface area (TPSA) is 67.6 Å². The second-order valence-corrected chi connectivity index (χ2v) is 10.1. The maximum absolute atomic E-state index is 14.6. The predicted molar refractivity (Wildman–Crippen MR) is 114 cm³/mol. The molecule has 2 heterocycles. The maximum Gasteiger partial charge on any atom is 0.298 e. The zero-order valence-corrected chi connectivity index (χ0v) is 18.2. The van der Waals surface area contributed by atoms with Crippen molar-refractivity contribution < 1.29 is 27.1 Å². The summed E-state index contributed by atoms with van der Waals surface area (Å²) in [5, 5.41) is 2.47. The van der Waals surface area contributed by atoms with Crippen molar-refractivity contribution in [1.82, 2.24) is 4.98 Å². The van der Waals surface area contributed by atoms with E-state index in [1.807, 2.05) is 4.90 Å². The lowest BCUT2D eigenvalue weighted by Crippen LogP contribution is -2.21. The number of halogens is 3. The first-order valence-corrected chi connectivity index (χ1v) is 11.7. The summed E-state index contributed by atoms with van der Waals surface area (Å²) >= 11 is 0. The van der Waals surface area contributed by atoms with Crippen LogP contribution >= 0.6 is 0 Å². The molecule has 2 unspecified atom stereocenters. The summed E-state index contributed by atoms with van der Waals surface area (Å²) in [6.07, 6.45) is 5.95. The highest BCUT2D eigenvalue weighted by molar-refractivity contribution is 6.03. The smallest absolute Gasteiger partial charge is 0.298 e. The van der Waals surface area contributed by atoms with Crippen LogP contribution in [0.1, 0.15) is 54.8 Å². The van der Waals surface area contributed by atoms with E-state index in [9.17, 15) is 18.0 Å². The minimum atomic E-state index is -0.873. The lowest BCUT2D eigenvalue weighted by molar-refractivity contribution is 0.102. The molecule has 1 aromatic carbocycles. The van der Waals surface area contributed by atoms with Crippen molar-refractivity contribution in [3.05, 3.63) is 35.2 Å². The number of benzene rings is 1. The minimum Gasteiger partial charge on any atom is -0.484 e. The van der Waals surface area contributed by atoms with E-state index in [0.29, 0.717) is 23.3 Å². The van der Waals surface area contributed by atoms with Crippen molar-refractivity contribution in [2.75, 3.05) is 30.0 Å². The minimum absolute atomic E-state index is 0.0641. The number of alkyl halides is 1. The molecule has 4 aliphatic rings. The van der Waals surface area contributed by atoms with Gasteiger partial charge in [-0.15, -0.1) is 0 Å². The highest BCUT2D eigenvalue weighted by atomic mass is 19.1. The molecule has 1 amide bonds. The third kappa shape index (κ3) is 3.95. The number of aromatic nitrogens is 1. The molecule has 4 fully saturated rings. The van der Waals surface area contributed by atoms with Gasteiger partial charge in [-0.25, -0.2) is 8.78 Å². The highest BCUT2D eigenvalue weighted by Crippen LogP contribution is 2.54. The summed E-state index contributed by atoms with van der Waals surface area (Å²) in [5.41, 5.74) is 0.200. The van der Waals surface area contributed by atoms with Gasteiger partial charge in [-0.05, 0) is 55.8 Å². The number of aryl methyl sites for hydroxylation is 1. The lowest BCUT2D eigenvalue weighted by atomic mass is 10.1. The molecule has 3 aliphatic carbocycles. The van der Waals surface area contributed by atoms with Gasteiger partial charge >= 0.3 is 0 Å². The normalized spacial score (nSPS) is 26.5. The number of fused-ring (bicyclic) bond motifs is 1. The zero-order valence-electron chi connectivity index (χ0n) is 18.2. The number of nitrogens with one attached hydrogen (secondary N) is 1. The molecule has 6 rings (SSSR count). The molecular weight excluding hydrogens is 435 g/mol. The van der Waals surface area contributed by atoms with Crippen LogP contribution in [0.4, 0.5) is 24.9 Å². The second kappa shape index (κ2) is 7.67. The Labute approximate surface area is 189 Å². The Morgan fingerprint density at radius 2 is 1.91 bits per heavy atom. The molecule has 9 heteroatoms. The Hall–Kier alpha value is -2.71. The van der Waals surface area contributed by atoms with Crippen LogP contribution in [0.2, 0.25) is 0 Å². The first kappa shape index (κ1) is 20.9. The molecule has 0 radical (unpaired) electrons. The van der Waals surface area contributed by atoms with Crippen LogP contribution in [0, 0.1) is 28.9 Å². The number of hydrogen-bond donors (Lipinski definition) is 1. The van der Waals surface area contributed by atoms with Crippen LogP contribution in [-0.4, -0.2) is 36.8 Å². The van der Waals surface area contributed by atoms with Crippen LogP contribution in [0.5, 0.6) is 5.75 Å². The average molecular weight is 461 g/mol. The quantitative estimate of drug-likeness (QED) is 0.636. The number of ether oxygens (including phenoxy) is 1. The van der Waals surface area contributed by atoms with Gasteiger partial charge in [-0.2, -0.15) is 4.98 Å². The van der Waals surface area contributed by atoms with Crippen molar-refractivity contribution >= 4 is 17.6 Å². The summed E-state index contributed by atoms with van der Waals surface area (Å²) in [6, 6.07) is 2.35. The Morgan fingerprint density at radius 3 is 2.55 bits per heavy atom. The summed E-state index contributed by atoms with van der Waals surface area (Å²) in [6.45, 7) is 0.873. The molecule has 1 saturated heterocycles. The first-order chi connectivity index (χ1) is 15.9. The van der Waals surface area contributed by atoms with Gasteiger partial charge in [0.2, 0.25) is 0 Å². The van der Waals surface area contributed by atoms with E-state index in [-0.39, 0.29) is 29.7 Å². The fourth-order valence-corrected chi connectivity index (χ4v) is 5.45. The number of oxazole rings is 1. The summed E-state index contributed by atoms with van der Waals surface area (Å²) in [7, 11) is 0. The number of amides is 1. The fourth-order valence-electron chi connectivity index (χ4n) is 5.45. The molecule has 33 heavy (non-hydrogen) atoms. The van der Waals surface area contributed by atoms with E-state index in [2.05, 4.69) is 10.3 Å². The zero-order chi connectivity index (χ0) is 22.7. The van der Waals surface area contributed by atoms with E-state index in [0.717, 1.165) is 44.5 Å². The molecule has 1 aromatic heterocycles. The van der Waals surface area contributed by atoms with Crippen molar-refractivity contribution in [3.63, 3.8) is 0 Å². The average Bonchev–Trinajstić information content (AvgIpc) is 3.50. The van der Waals surface area contributed by atoms with Crippen molar-refractivity contribution in [3.8, 4) is 5.75 Å². The van der Waals surface area contributed by atoms with E-state index in [4.69, 9.17) is 9.15 Å². The van der Waals surface area contributed by atoms with E-state index in [1.54, 1.807) is 0 Å². The summed E-state index contributed by atoms with van der Waals surface area (Å²) in [5.74, 6) is -1.48. The van der Waals surface area contributed by atoms with E-state index < -0.39 is 30.0 Å². The summed E-state index contributed by atoms with van der Waals surface area (Å²) in [4.78, 5) is 19.1. The number of carbonyl (C=O) groups is 1. The van der Waals surface area contributed by atoms with Crippen LogP contribution in [0.15, 0.2) is 16.5 Å². The van der Waals surface area contributed by atoms with Crippen molar-refractivity contribution in [2.45, 2.75) is 51.0 Å². The SMILES string of the molecule is O=C(Nc1cc(F)c(OC2CC3CC3C2)c(F)c1)c1nc(N2CCC3(CC3)C2)oc1CCF. The van der Waals surface area contributed by atoms with Gasteiger partial charge < -0.3 is 19.4 Å². The summed E-state index contributed by atoms with van der Waals surface area (Å²) < 4.78 is 53.6. The third-order valence-electron chi connectivity index (χ3n) is 7.63. The Morgan fingerprint density at radius 1 is 1.18 bits per heavy atom. The first-order valence-electron chi connectivity index (χ1n) is 11.7. The second-order valence-electron chi connectivity index (χ2n) is 10.1. The number of rotatable bonds is 7. The molecule has 1 spiro atoms. The molecule has 176 valence electrons. The number of nitrogens with zero attached hydrogens (tertiary/aromatic N) is 2. The Bertz CT molecular complexity index is 1070. The standard InChI is InChI=1S/C24H26F3N3O3/c25-5-1-19-20(29-23(33-19)30-6-4-24(12-30)2-3-24)22(31)28-15-10-17(26)21(18(27)11-15)32-16-8-13-7-14(13)9-16/h10-11,13-14,16H,1-9,12H2,(H,28,31). The van der Waals surface area contributed by atoms with Gasteiger partial charge in [0.15, 0.2) is 23.1 Å². The number of hydrogen-bond acceptors (Lipinski definition) is 5. The Kier molecular flexibility index (Phi) is 4.85. The molecule has 0 bridgehead atoms. The van der Waals surface area contributed by atoms with Crippen LogP contribution in [0.3, 0.4) is 0 Å². The van der Waals surface area contributed by atoms with E-state index >= 15 is 0 Å². The van der Waals surface area contributed by atoms with Gasteiger partial charge in [0, 0.05) is 37.3 Å². The largest absolute Gasteiger partial charge is 0.484 e. The van der Waals surface area contributed by atoms with Gasteiger partial charge in [0.25, 0.3) is 11.9 Å². The van der Waals surface area contributed by atoms with Gasteiger partial charge in [-0.1, -0.05) is 0 Å². The molecule has 2 atom stereocenters. The molecular formula is C24H26F3N3O3.